The van der Waals surface area contributed by atoms with Gasteiger partial charge >= 0.3 is 0 Å². The van der Waals surface area contributed by atoms with Crippen LogP contribution in [0.25, 0.3) is 0 Å². The maximum Gasteiger partial charge on any atom is 0.191 e. The molecule has 0 spiro atoms. The van der Waals surface area contributed by atoms with Crippen LogP contribution in [-0.4, -0.2) is 86.9 Å². The number of nitrogens with one attached hydrogen (secondary N) is 2. The molecule has 0 amide bonds. The van der Waals surface area contributed by atoms with Crippen molar-refractivity contribution in [2.24, 2.45) is 4.99 Å². The van der Waals surface area contributed by atoms with E-state index in [0.29, 0.717) is 6.04 Å². The number of morpholine rings is 1. The van der Waals surface area contributed by atoms with Gasteiger partial charge in [-0.25, -0.2) is 0 Å². The first-order valence-electron chi connectivity index (χ1n) is 11.3. The van der Waals surface area contributed by atoms with E-state index in [1.165, 1.54) is 64.5 Å². The average molecular weight is 380 g/mol. The molecule has 1 aliphatic carbocycles. The molecule has 2 N–H and O–H groups in total. The third-order valence-corrected chi connectivity index (χ3v) is 6.91. The highest BCUT2D eigenvalue weighted by Gasteiger charge is 2.38. The number of hydrogen-bond donors (Lipinski definition) is 2. The Hall–Kier alpha value is -0.850. The lowest BCUT2D eigenvalue weighted by Gasteiger charge is -2.48. The van der Waals surface area contributed by atoms with E-state index in [9.17, 15) is 0 Å². The third-order valence-electron chi connectivity index (χ3n) is 6.91. The number of rotatable bonds is 7. The Bertz CT molecular complexity index is 451. The largest absolute Gasteiger partial charge is 0.379 e. The van der Waals surface area contributed by atoms with Gasteiger partial charge in [0.1, 0.15) is 0 Å². The molecule has 6 nitrogen and oxygen atoms in total. The maximum absolute atomic E-state index is 5.61. The van der Waals surface area contributed by atoms with Gasteiger partial charge in [-0.15, -0.1) is 0 Å². The van der Waals surface area contributed by atoms with Crippen LogP contribution in [0.3, 0.4) is 0 Å². The molecule has 2 aliphatic heterocycles. The summed E-state index contributed by atoms with van der Waals surface area (Å²) in [5.41, 5.74) is 0.277. The lowest BCUT2D eigenvalue weighted by molar-refractivity contribution is -0.0352. The predicted molar refractivity (Wildman–Crippen MR) is 112 cm³/mol. The fraction of sp³-hybridized carbons (Fsp3) is 0.952. The van der Waals surface area contributed by atoms with Crippen LogP contribution in [0.5, 0.6) is 0 Å². The van der Waals surface area contributed by atoms with Crippen molar-refractivity contribution in [1.82, 2.24) is 20.4 Å². The number of ether oxygens (including phenoxy) is 1. The standard InChI is InChI=1S/C21H41N5O/c1-3-19(25-11-7-8-12-25)17-23-20(22-2)24-18-21(9-5-4-6-10-21)26-13-15-27-16-14-26/h19H,3-18H2,1-2H3,(H2,22,23,24). The van der Waals surface area contributed by atoms with Crippen molar-refractivity contribution in [3.63, 3.8) is 0 Å². The molecule has 1 saturated carbocycles. The molecule has 2 saturated heterocycles. The highest BCUT2D eigenvalue weighted by Crippen LogP contribution is 2.33. The molecule has 6 heteroatoms. The van der Waals surface area contributed by atoms with Crippen LogP contribution in [0.15, 0.2) is 4.99 Å². The molecule has 0 bridgehead atoms. The monoisotopic (exact) mass is 379 g/mol. The fourth-order valence-corrected chi connectivity index (χ4v) is 5.17. The Morgan fingerprint density at radius 3 is 2.33 bits per heavy atom. The zero-order valence-electron chi connectivity index (χ0n) is 17.6. The summed E-state index contributed by atoms with van der Waals surface area (Å²) in [6.07, 6.45) is 10.6. The van der Waals surface area contributed by atoms with Crippen molar-refractivity contribution in [1.29, 1.82) is 0 Å². The van der Waals surface area contributed by atoms with Gasteiger partial charge in [0, 0.05) is 44.8 Å². The molecule has 1 atom stereocenters. The Morgan fingerprint density at radius 2 is 1.70 bits per heavy atom. The van der Waals surface area contributed by atoms with Gasteiger partial charge in [-0.05, 0) is 45.2 Å². The summed E-state index contributed by atoms with van der Waals surface area (Å²) in [6.45, 7) is 10.7. The first-order chi connectivity index (χ1) is 13.3. The van der Waals surface area contributed by atoms with E-state index < -0.39 is 0 Å². The summed E-state index contributed by atoms with van der Waals surface area (Å²) in [4.78, 5) is 9.84. The van der Waals surface area contributed by atoms with E-state index in [1.54, 1.807) is 0 Å². The molecule has 3 rings (SSSR count). The topological polar surface area (TPSA) is 52.1 Å². The summed E-state index contributed by atoms with van der Waals surface area (Å²) in [6, 6.07) is 0.619. The van der Waals surface area contributed by atoms with Crippen LogP contribution in [-0.2, 0) is 4.74 Å². The predicted octanol–water partition coefficient (Wildman–Crippen LogP) is 2.06. The van der Waals surface area contributed by atoms with Crippen LogP contribution >= 0.6 is 0 Å². The SMILES string of the molecule is CCC(CNC(=NC)NCC1(N2CCOCC2)CCCCC1)N1CCCC1. The number of nitrogens with zero attached hydrogens (tertiary/aromatic N) is 3. The van der Waals surface area contributed by atoms with Gasteiger partial charge in [0.2, 0.25) is 0 Å². The molecule has 156 valence electrons. The maximum atomic E-state index is 5.61. The molecule has 0 aromatic rings. The summed E-state index contributed by atoms with van der Waals surface area (Å²) in [7, 11) is 1.90. The van der Waals surface area contributed by atoms with Gasteiger partial charge in [-0.3, -0.25) is 14.8 Å². The highest BCUT2D eigenvalue weighted by atomic mass is 16.5. The van der Waals surface area contributed by atoms with E-state index in [4.69, 9.17) is 4.74 Å². The van der Waals surface area contributed by atoms with Crippen LogP contribution in [0.1, 0.15) is 58.3 Å². The van der Waals surface area contributed by atoms with Crippen molar-refractivity contribution < 1.29 is 4.74 Å². The normalized spacial score (nSPS) is 26.1. The third kappa shape index (κ3) is 5.58. The van der Waals surface area contributed by atoms with Gasteiger partial charge in [-0.2, -0.15) is 0 Å². The minimum absolute atomic E-state index is 0.277. The Balaban J connectivity index is 1.52. The van der Waals surface area contributed by atoms with Gasteiger partial charge < -0.3 is 15.4 Å². The number of aliphatic imine (C=N–C) groups is 1. The molecule has 0 radical (unpaired) electrons. The zero-order valence-corrected chi connectivity index (χ0v) is 17.6. The zero-order chi connectivity index (χ0) is 19.0. The Labute approximate surface area is 166 Å². The average Bonchev–Trinajstić information content (AvgIpc) is 3.27. The molecule has 0 aromatic heterocycles. The van der Waals surface area contributed by atoms with Crippen LogP contribution in [0.4, 0.5) is 0 Å². The van der Waals surface area contributed by atoms with Gasteiger partial charge in [0.25, 0.3) is 0 Å². The van der Waals surface area contributed by atoms with E-state index in [0.717, 1.165) is 45.4 Å². The van der Waals surface area contributed by atoms with E-state index in [1.807, 2.05) is 7.05 Å². The molecule has 3 fully saturated rings. The van der Waals surface area contributed by atoms with E-state index >= 15 is 0 Å². The van der Waals surface area contributed by atoms with Gasteiger partial charge in [-0.1, -0.05) is 26.2 Å². The molecular formula is C21H41N5O. The van der Waals surface area contributed by atoms with E-state index in [-0.39, 0.29) is 5.54 Å². The van der Waals surface area contributed by atoms with Crippen molar-refractivity contribution in [3.05, 3.63) is 0 Å². The summed E-state index contributed by atoms with van der Waals surface area (Å²) in [5.74, 6) is 0.964. The second-order valence-corrected chi connectivity index (χ2v) is 8.50. The van der Waals surface area contributed by atoms with Crippen LogP contribution < -0.4 is 10.6 Å². The molecule has 1 unspecified atom stereocenters. The molecule has 2 heterocycles. The van der Waals surface area contributed by atoms with Gasteiger partial charge in [0.15, 0.2) is 5.96 Å². The van der Waals surface area contributed by atoms with Crippen molar-refractivity contribution in [3.8, 4) is 0 Å². The summed E-state index contributed by atoms with van der Waals surface area (Å²) < 4.78 is 5.61. The lowest BCUT2D eigenvalue weighted by Crippen LogP contribution is -2.60. The number of likely N-dealkylation sites (tertiary alicyclic amines) is 1. The first-order valence-corrected chi connectivity index (χ1v) is 11.3. The first kappa shape index (κ1) is 20.9. The fourth-order valence-electron chi connectivity index (χ4n) is 5.17. The van der Waals surface area contributed by atoms with E-state index in [2.05, 4.69) is 32.3 Å². The quantitative estimate of drug-likeness (QED) is 0.524. The second kappa shape index (κ2) is 10.6. The molecular weight excluding hydrogens is 338 g/mol. The smallest absolute Gasteiger partial charge is 0.191 e. The number of guanidine groups is 1. The van der Waals surface area contributed by atoms with Crippen LogP contribution in [0.2, 0.25) is 0 Å². The summed E-state index contributed by atoms with van der Waals surface area (Å²) in [5, 5.41) is 7.30. The minimum atomic E-state index is 0.277. The van der Waals surface area contributed by atoms with Crippen LogP contribution in [0, 0.1) is 0 Å². The Kier molecular flexibility index (Phi) is 8.22. The molecule has 0 aromatic carbocycles. The molecule has 27 heavy (non-hydrogen) atoms. The van der Waals surface area contributed by atoms with Crippen molar-refractivity contribution >= 4 is 5.96 Å². The summed E-state index contributed by atoms with van der Waals surface area (Å²) >= 11 is 0. The Morgan fingerprint density at radius 1 is 1.00 bits per heavy atom. The lowest BCUT2D eigenvalue weighted by atomic mass is 9.80. The number of hydrogen-bond acceptors (Lipinski definition) is 4. The van der Waals surface area contributed by atoms with Crippen molar-refractivity contribution in [2.45, 2.75) is 69.9 Å². The second-order valence-electron chi connectivity index (χ2n) is 8.50. The highest BCUT2D eigenvalue weighted by molar-refractivity contribution is 5.79. The van der Waals surface area contributed by atoms with Gasteiger partial charge in [0.05, 0.1) is 13.2 Å². The van der Waals surface area contributed by atoms with Crippen molar-refractivity contribution in [2.75, 3.05) is 59.5 Å². The minimum Gasteiger partial charge on any atom is -0.379 e. The molecule has 3 aliphatic rings.